The molecule has 0 amide bonds. The molecule has 0 aliphatic heterocycles. The molecule has 0 saturated carbocycles. The highest BCUT2D eigenvalue weighted by Gasteiger charge is 1.90. The molecule has 0 aliphatic carbocycles. The monoisotopic (exact) mass is 141 g/mol. The van der Waals surface area contributed by atoms with Crippen molar-refractivity contribution in [3.05, 3.63) is 11.6 Å². The number of allylic oxidation sites excluding steroid dienone is 1. The third-order valence-electron chi connectivity index (χ3n) is 1.71. The predicted molar refractivity (Wildman–Crippen MR) is 47.0 cm³/mol. The van der Waals surface area contributed by atoms with Crippen LogP contribution in [0, 0.1) is 0 Å². The standard InChI is InChI=1S/C9H19N/c1-3-5-6-9(4-2)7-8-10/h7H,3-6,8,10H2,1-2H3. The Morgan fingerprint density at radius 3 is 2.50 bits per heavy atom. The van der Waals surface area contributed by atoms with Crippen molar-refractivity contribution >= 4 is 0 Å². The molecule has 0 aromatic carbocycles. The summed E-state index contributed by atoms with van der Waals surface area (Å²) in [6, 6.07) is 0. The fraction of sp³-hybridized carbons (Fsp3) is 0.778. The van der Waals surface area contributed by atoms with Crippen molar-refractivity contribution in [2.24, 2.45) is 5.73 Å². The second-order valence-electron chi connectivity index (χ2n) is 2.56. The maximum atomic E-state index is 5.40. The van der Waals surface area contributed by atoms with Gasteiger partial charge in [-0.3, -0.25) is 0 Å². The Balaban J connectivity index is 3.49. The number of hydrogen-bond acceptors (Lipinski definition) is 1. The summed E-state index contributed by atoms with van der Waals surface area (Å²) in [4.78, 5) is 0. The van der Waals surface area contributed by atoms with Gasteiger partial charge in [-0.1, -0.05) is 31.9 Å². The van der Waals surface area contributed by atoms with Crippen LogP contribution in [0.2, 0.25) is 0 Å². The first-order chi connectivity index (χ1) is 4.85. The van der Waals surface area contributed by atoms with E-state index in [4.69, 9.17) is 5.73 Å². The van der Waals surface area contributed by atoms with Crippen LogP contribution in [0.3, 0.4) is 0 Å². The minimum atomic E-state index is 0.701. The van der Waals surface area contributed by atoms with E-state index in [-0.39, 0.29) is 0 Å². The molecule has 0 aromatic heterocycles. The molecule has 0 radical (unpaired) electrons. The van der Waals surface area contributed by atoms with E-state index in [1.54, 1.807) is 0 Å². The van der Waals surface area contributed by atoms with Crippen LogP contribution in [0.25, 0.3) is 0 Å². The van der Waals surface area contributed by atoms with Crippen molar-refractivity contribution < 1.29 is 0 Å². The molecule has 0 spiro atoms. The topological polar surface area (TPSA) is 26.0 Å². The van der Waals surface area contributed by atoms with Gasteiger partial charge in [-0.15, -0.1) is 0 Å². The van der Waals surface area contributed by atoms with E-state index in [0.29, 0.717) is 6.54 Å². The van der Waals surface area contributed by atoms with Crippen molar-refractivity contribution in [2.75, 3.05) is 6.54 Å². The van der Waals surface area contributed by atoms with Crippen molar-refractivity contribution in [1.82, 2.24) is 0 Å². The zero-order chi connectivity index (χ0) is 7.82. The molecule has 0 unspecified atom stereocenters. The molecule has 0 saturated heterocycles. The minimum Gasteiger partial charge on any atom is -0.327 e. The van der Waals surface area contributed by atoms with Crippen molar-refractivity contribution in [2.45, 2.75) is 39.5 Å². The van der Waals surface area contributed by atoms with Gasteiger partial charge < -0.3 is 5.73 Å². The van der Waals surface area contributed by atoms with Gasteiger partial charge in [0, 0.05) is 6.54 Å². The number of hydrogen-bond donors (Lipinski definition) is 1. The van der Waals surface area contributed by atoms with Crippen LogP contribution in [-0.4, -0.2) is 6.54 Å². The summed E-state index contributed by atoms with van der Waals surface area (Å²) in [5.41, 5.74) is 6.92. The van der Waals surface area contributed by atoms with E-state index >= 15 is 0 Å². The van der Waals surface area contributed by atoms with E-state index in [2.05, 4.69) is 19.9 Å². The molecule has 2 N–H and O–H groups in total. The Bertz CT molecular complexity index is 94.9. The second kappa shape index (κ2) is 6.81. The molecule has 0 aromatic rings. The SMILES string of the molecule is CCCCC(=CCN)CC. The molecular formula is C9H19N. The normalized spacial score (nSPS) is 12.1. The first-order valence-electron chi connectivity index (χ1n) is 4.23. The summed E-state index contributed by atoms with van der Waals surface area (Å²) >= 11 is 0. The number of rotatable bonds is 5. The van der Waals surface area contributed by atoms with E-state index in [9.17, 15) is 0 Å². The highest BCUT2D eigenvalue weighted by Crippen LogP contribution is 2.09. The van der Waals surface area contributed by atoms with Gasteiger partial charge in [0.05, 0.1) is 0 Å². The van der Waals surface area contributed by atoms with Crippen molar-refractivity contribution in [3.63, 3.8) is 0 Å². The van der Waals surface area contributed by atoms with Gasteiger partial charge in [0.25, 0.3) is 0 Å². The van der Waals surface area contributed by atoms with Gasteiger partial charge >= 0.3 is 0 Å². The highest BCUT2D eigenvalue weighted by molar-refractivity contribution is 5.01. The summed E-state index contributed by atoms with van der Waals surface area (Å²) in [6.07, 6.45) is 7.14. The third-order valence-corrected chi connectivity index (χ3v) is 1.71. The van der Waals surface area contributed by atoms with Crippen LogP contribution in [0.4, 0.5) is 0 Å². The molecule has 0 aliphatic rings. The van der Waals surface area contributed by atoms with E-state index in [1.807, 2.05) is 0 Å². The summed E-state index contributed by atoms with van der Waals surface area (Å²) in [5, 5.41) is 0. The average molecular weight is 141 g/mol. The molecule has 1 heteroatoms. The Hall–Kier alpha value is -0.300. The maximum absolute atomic E-state index is 5.40. The average Bonchev–Trinajstić information content (AvgIpc) is 1.98. The molecule has 0 rings (SSSR count). The highest BCUT2D eigenvalue weighted by atomic mass is 14.5. The quantitative estimate of drug-likeness (QED) is 0.585. The lowest BCUT2D eigenvalue weighted by molar-refractivity contribution is 0.763. The van der Waals surface area contributed by atoms with Gasteiger partial charge in [-0.25, -0.2) is 0 Å². The molecule has 1 nitrogen and oxygen atoms in total. The van der Waals surface area contributed by atoms with E-state index < -0.39 is 0 Å². The maximum Gasteiger partial charge on any atom is 0.0109 e. The fourth-order valence-corrected chi connectivity index (χ4v) is 0.994. The number of unbranched alkanes of at least 4 members (excludes halogenated alkanes) is 1. The first kappa shape index (κ1) is 9.70. The zero-order valence-electron chi connectivity index (χ0n) is 7.19. The summed E-state index contributed by atoms with van der Waals surface area (Å²) in [7, 11) is 0. The molecule has 0 atom stereocenters. The zero-order valence-corrected chi connectivity index (χ0v) is 7.19. The Labute approximate surface area is 64.3 Å². The van der Waals surface area contributed by atoms with Gasteiger partial charge in [0.2, 0.25) is 0 Å². The van der Waals surface area contributed by atoms with E-state index in [0.717, 1.165) is 6.42 Å². The van der Waals surface area contributed by atoms with Gasteiger partial charge in [-0.05, 0) is 19.3 Å². The van der Waals surface area contributed by atoms with Gasteiger partial charge in [0.1, 0.15) is 0 Å². The van der Waals surface area contributed by atoms with Crippen LogP contribution >= 0.6 is 0 Å². The third kappa shape index (κ3) is 4.57. The van der Waals surface area contributed by atoms with Gasteiger partial charge in [0.15, 0.2) is 0 Å². The minimum absolute atomic E-state index is 0.701. The van der Waals surface area contributed by atoms with Crippen LogP contribution in [-0.2, 0) is 0 Å². The smallest absolute Gasteiger partial charge is 0.0109 e. The lowest BCUT2D eigenvalue weighted by Gasteiger charge is -2.01. The summed E-state index contributed by atoms with van der Waals surface area (Å²) in [5.74, 6) is 0. The molecule has 10 heavy (non-hydrogen) atoms. The Kier molecular flexibility index (Phi) is 6.61. The molecule has 60 valence electrons. The number of nitrogens with two attached hydrogens (primary N) is 1. The van der Waals surface area contributed by atoms with Crippen LogP contribution in [0.1, 0.15) is 39.5 Å². The van der Waals surface area contributed by atoms with Crippen LogP contribution in [0.15, 0.2) is 11.6 Å². The largest absolute Gasteiger partial charge is 0.327 e. The first-order valence-corrected chi connectivity index (χ1v) is 4.23. The molecule has 0 fully saturated rings. The molecule has 0 heterocycles. The van der Waals surface area contributed by atoms with Gasteiger partial charge in [-0.2, -0.15) is 0 Å². The summed E-state index contributed by atoms with van der Waals surface area (Å²) in [6.45, 7) is 5.11. The Morgan fingerprint density at radius 2 is 2.10 bits per heavy atom. The van der Waals surface area contributed by atoms with E-state index in [1.165, 1.54) is 24.8 Å². The lowest BCUT2D eigenvalue weighted by atomic mass is 10.1. The summed E-state index contributed by atoms with van der Waals surface area (Å²) < 4.78 is 0. The lowest BCUT2D eigenvalue weighted by Crippen LogP contribution is -1.95. The molecular weight excluding hydrogens is 122 g/mol. The fourth-order valence-electron chi connectivity index (χ4n) is 0.994. The van der Waals surface area contributed by atoms with Crippen LogP contribution in [0.5, 0.6) is 0 Å². The second-order valence-corrected chi connectivity index (χ2v) is 2.56. The predicted octanol–water partition coefficient (Wildman–Crippen LogP) is 2.47. The molecule has 0 bridgehead atoms. The Morgan fingerprint density at radius 1 is 1.40 bits per heavy atom. The van der Waals surface area contributed by atoms with Crippen molar-refractivity contribution in [1.29, 1.82) is 0 Å². The van der Waals surface area contributed by atoms with Crippen molar-refractivity contribution in [3.8, 4) is 0 Å². The van der Waals surface area contributed by atoms with Crippen LogP contribution < -0.4 is 5.73 Å².